The summed E-state index contributed by atoms with van der Waals surface area (Å²) >= 11 is 0. The number of pyridine rings is 1. The summed E-state index contributed by atoms with van der Waals surface area (Å²) in [6.07, 6.45) is 7.14. The van der Waals surface area contributed by atoms with Gasteiger partial charge in [0.15, 0.2) is 0 Å². The van der Waals surface area contributed by atoms with Gasteiger partial charge in [-0.05, 0) is 11.1 Å². The van der Waals surface area contributed by atoms with E-state index in [4.69, 9.17) is 0 Å². The van der Waals surface area contributed by atoms with E-state index in [0.29, 0.717) is 0 Å². The minimum Gasteiger partial charge on any atom is -0.347 e. The van der Waals surface area contributed by atoms with Gasteiger partial charge in [-0.2, -0.15) is 0 Å². The Morgan fingerprint density at radius 1 is 1.31 bits per heavy atom. The molecule has 3 aromatic heterocycles. The summed E-state index contributed by atoms with van der Waals surface area (Å²) in [4.78, 5) is 14.4. The summed E-state index contributed by atoms with van der Waals surface area (Å²) < 4.78 is 0. The zero-order chi connectivity index (χ0) is 8.67. The van der Waals surface area contributed by atoms with Crippen molar-refractivity contribution in [3.05, 3.63) is 31.0 Å². The average molecular weight is 171 g/mol. The van der Waals surface area contributed by atoms with Crippen molar-refractivity contribution < 1.29 is 4.98 Å². The third-order valence-electron chi connectivity index (χ3n) is 2.10. The molecule has 4 heteroatoms. The molecule has 0 saturated heterocycles. The van der Waals surface area contributed by atoms with Crippen LogP contribution in [0.4, 0.5) is 0 Å². The van der Waals surface area contributed by atoms with Gasteiger partial charge in [-0.15, -0.1) is 0 Å². The predicted octanol–water partition coefficient (Wildman–Crippen LogP) is 0.925. The van der Waals surface area contributed by atoms with Crippen molar-refractivity contribution in [2.24, 2.45) is 0 Å². The Morgan fingerprint density at radius 2 is 2.31 bits per heavy atom. The normalized spacial score (nSPS) is 11.1. The number of nitrogens with one attached hydrogen (secondary N) is 2. The molecule has 13 heavy (non-hydrogen) atoms. The topological polar surface area (TPSA) is 55.7 Å². The molecule has 3 rings (SSSR count). The van der Waals surface area contributed by atoms with E-state index in [9.17, 15) is 0 Å². The van der Waals surface area contributed by atoms with Gasteiger partial charge in [-0.3, -0.25) is 4.98 Å². The number of rotatable bonds is 0. The highest BCUT2D eigenvalue weighted by Crippen LogP contribution is 2.19. The van der Waals surface area contributed by atoms with Crippen molar-refractivity contribution in [1.82, 2.24) is 15.0 Å². The van der Waals surface area contributed by atoms with Gasteiger partial charge in [0.05, 0.1) is 17.1 Å². The molecular weight excluding hydrogens is 164 g/mol. The van der Waals surface area contributed by atoms with Crippen LogP contribution >= 0.6 is 0 Å². The number of aromatic amines is 2. The van der Waals surface area contributed by atoms with Gasteiger partial charge < -0.3 is 4.98 Å². The molecule has 3 aromatic rings. The number of fused-ring (bicyclic) bond motifs is 3. The standard InChI is InChI=1S/C9H6N4/c1-2-10-3-7-6(1)9-8(13-7)4-11-5-12-9/h1-5,13H/p+1. The second-order valence-electron chi connectivity index (χ2n) is 2.88. The minimum atomic E-state index is 0.983. The first-order valence-electron chi connectivity index (χ1n) is 4.02. The van der Waals surface area contributed by atoms with E-state index in [1.165, 1.54) is 0 Å². The van der Waals surface area contributed by atoms with Gasteiger partial charge >= 0.3 is 0 Å². The van der Waals surface area contributed by atoms with Gasteiger partial charge in [0, 0.05) is 6.20 Å². The fraction of sp³-hybridized carbons (Fsp3) is 0. The molecule has 0 amide bonds. The van der Waals surface area contributed by atoms with E-state index < -0.39 is 0 Å². The summed E-state index contributed by atoms with van der Waals surface area (Å²) in [5, 5.41) is 1.11. The molecule has 0 saturated carbocycles. The molecule has 0 spiro atoms. The molecule has 0 atom stereocenters. The number of H-pyrrole nitrogens is 2. The molecule has 0 aromatic carbocycles. The first-order chi connectivity index (χ1) is 6.45. The van der Waals surface area contributed by atoms with Crippen LogP contribution in [0.2, 0.25) is 0 Å². The van der Waals surface area contributed by atoms with Crippen LogP contribution in [0.1, 0.15) is 0 Å². The van der Waals surface area contributed by atoms with E-state index in [-0.39, 0.29) is 0 Å². The van der Waals surface area contributed by atoms with Crippen LogP contribution in [0.15, 0.2) is 31.0 Å². The van der Waals surface area contributed by atoms with Gasteiger partial charge in [-0.1, -0.05) is 0 Å². The van der Waals surface area contributed by atoms with Crippen molar-refractivity contribution in [2.75, 3.05) is 0 Å². The quantitative estimate of drug-likeness (QED) is 0.547. The van der Waals surface area contributed by atoms with Crippen molar-refractivity contribution in [3.8, 4) is 0 Å². The highest BCUT2D eigenvalue weighted by Gasteiger charge is 2.08. The molecule has 0 aliphatic carbocycles. The molecule has 0 aliphatic rings. The predicted molar refractivity (Wildman–Crippen MR) is 48.0 cm³/mol. The smallest absolute Gasteiger partial charge is 0.284 e. The van der Waals surface area contributed by atoms with E-state index in [1.807, 2.05) is 12.3 Å². The Bertz CT molecular complexity index is 519. The lowest BCUT2D eigenvalue weighted by atomic mass is 10.3. The summed E-state index contributed by atoms with van der Waals surface area (Å²) in [6, 6.07) is 1.96. The van der Waals surface area contributed by atoms with E-state index in [2.05, 4.69) is 19.9 Å². The third-order valence-corrected chi connectivity index (χ3v) is 2.10. The molecular formula is C9H7N4+. The van der Waals surface area contributed by atoms with Crippen molar-refractivity contribution in [2.45, 2.75) is 0 Å². The lowest BCUT2D eigenvalue weighted by Gasteiger charge is -1.82. The Kier molecular flexibility index (Phi) is 1.14. The number of nitrogens with zero attached hydrogens (tertiary/aromatic N) is 2. The van der Waals surface area contributed by atoms with Crippen LogP contribution in [0.5, 0.6) is 0 Å². The fourth-order valence-electron chi connectivity index (χ4n) is 1.52. The molecule has 3 heterocycles. The third kappa shape index (κ3) is 0.823. The Hall–Kier alpha value is -1.97. The Balaban J connectivity index is 2.64. The SMILES string of the molecule is c1cc2c(cn1)[nH]c1c[nH+]cnc12. The van der Waals surface area contributed by atoms with Crippen LogP contribution in [0, 0.1) is 0 Å². The minimum absolute atomic E-state index is 0.983. The molecule has 2 N–H and O–H groups in total. The molecule has 0 radical (unpaired) electrons. The number of aromatic nitrogens is 4. The summed E-state index contributed by atoms with van der Waals surface area (Å²) in [5.74, 6) is 0. The monoisotopic (exact) mass is 171 g/mol. The maximum Gasteiger partial charge on any atom is 0.284 e. The van der Waals surface area contributed by atoms with Crippen LogP contribution in [0.3, 0.4) is 0 Å². The van der Waals surface area contributed by atoms with E-state index in [1.54, 1.807) is 18.7 Å². The lowest BCUT2D eigenvalue weighted by molar-refractivity contribution is -0.380. The van der Waals surface area contributed by atoms with Gasteiger partial charge in [-0.25, -0.2) is 4.98 Å². The summed E-state index contributed by atoms with van der Waals surface area (Å²) in [6.45, 7) is 0. The van der Waals surface area contributed by atoms with Crippen LogP contribution in [-0.4, -0.2) is 15.0 Å². The first-order valence-corrected chi connectivity index (χ1v) is 4.02. The van der Waals surface area contributed by atoms with Gasteiger partial charge in [0.2, 0.25) is 5.52 Å². The first kappa shape index (κ1) is 6.54. The van der Waals surface area contributed by atoms with E-state index >= 15 is 0 Å². The molecule has 0 unspecified atom stereocenters. The van der Waals surface area contributed by atoms with E-state index in [0.717, 1.165) is 21.9 Å². The lowest BCUT2D eigenvalue weighted by Crippen LogP contribution is -1.99. The maximum atomic E-state index is 4.25. The highest BCUT2D eigenvalue weighted by molar-refractivity contribution is 6.03. The maximum absolute atomic E-state index is 4.25. The van der Waals surface area contributed by atoms with Crippen LogP contribution in [0.25, 0.3) is 21.9 Å². The van der Waals surface area contributed by atoms with Crippen LogP contribution in [-0.2, 0) is 0 Å². The van der Waals surface area contributed by atoms with Crippen molar-refractivity contribution >= 4 is 21.9 Å². The average Bonchev–Trinajstić information content (AvgIpc) is 2.56. The molecule has 62 valence electrons. The Morgan fingerprint density at radius 3 is 3.31 bits per heavy atom. The fourth-order valence-corrected chi connectivity index (χ4v) is 1.52. The van der Waals surface area contributed by atoms with Crippen molar-refractivity contribution in [3.63, 3.8) is 0 Å². The zero-order valence-electron chi connectivity index (χ0n) is 6.78. The summed E-state index contributed by atoms with van der Waals surface area (Å²) in [5.41, 5.74) is 3.01. The molecule has 0 bridgehead atoms. The molecule has 0 fully saturated rings. The second kappa shape index (κ2) is 2.26. The number of hydrogen-bond donors (Lipinski definition) is 1. The molecule has 0 aliphatic heterocycles. The zero-order valence-corrected chi connectivity index (χ0v) is 6.78. The highest BCUT2D eigenvalue weighted by atomic mass is 14.9. The van der Waals surface area contributed by atoms with Gasteiger partial charge in [0.25, 0.3) is 6.33 Å². The summed E-state index contributed by atoms with van der Waals surface area (Å²) in [7, 11) is 0. The Labute approximate surface area is 73.7 Å². The van der Waals surface area contributed by atoms with Crippen LogP contribution < -0.4 is 4.98 Å². The van der Waals surface area contributed by atoms with Crippen molar-refractivity contribution in [1.29, 1.82) is 0 Å². The van der Waals surface area contributed by atoms with Gasteiger partial charge in [0.1, 0.15) is 11.7 Å². The molecule has 4 nitrogen and oxygen atoms in total. The second-order valence-corrected chi connectivity index (χ2v) is 2.88. The largest absolute Gasteiger partial charge is 0.347 e. The number of hydrogen-bond acceptors (Lipinski definition) is 2.